The van der Waals surface area contributed by atoms with Crippen molar-refractivity contribution < 1.29 is 5.11 Å². The number of aliphatic hydroxyl groups excluding tert-OH is 1. The molecule has 1 N–H and O–H groups in total. The molecule has 0 saturated heterocycles. The van der Waals surface area contributed by atoms with Crippen LogP contribution in [0.1, 0.15) is 30.2 Å². The van der Waals surface area contributed by atoms with Gasteiger partial charge in [-0.1, -0.05) is 6.07 Å². The number of para-hydroxylation sites is 1. The average Bonchev–Trinajstić information content (AvgIpc) is 2.75. The van der Waals surface area contributed by atoms with Gasteiger partial charge in [-0.3, -0.25) is 0 Å². The van der Waals surface area contributed by atoms with E-state index < -0.39 is 0 Å². The van der Waals surface area contributed by atoms with E-state index >= 15 is 0 Å². The Hall–Kier alpha value is -0.580. The third-order valence-corrected chi connectivity index (χ3v) is 4.74. The first-order valence-corrected chi connectivity index (χ1v) is 7.59. The van der Waals surface area contributed by atoms with Gasteiger partial charge in [0, 0.05) is 26.4 Å². The molecule has 1 aromatic carbocycles. The highest BCUT2D eigenvalue weighted by molar-refractivity contribution is 9.11. The Labute approximate surface area is 123 Å². The zero-order chi connectivity index (χ0) is 12.7. The summed E-state index contributed by atoms with van der Waals surface area (Å²) in [5, 5.41) is 10.0. The van der Waals surface area contributed by atoms with E-state index in [1.165, 1.54) is 5.69 Å². The van der Waals surface area contributed by atoms with Crippen LogP contribution in [-0.2, 0) is 6.42 Å². The Bertz CT molecular complexity index is 571. The van der Waals surface area contributed by atoms with E-state index in [0.717, 1.165) is 39.5 Å². The lowest BCUT2D eigenvalue weighted by molar-refractivity contribution is 0.156. The molecule has 1 atom stereocenters. The molecule has 0 amide bonds. The average molecular weight is 371 g/mol. The maximum atomic E-state index is 10.0. The molecule has 2 nitrogen and oxygen atoms in total. The van der Waals surface area contributed by atoms with Crippen LogP contribution < -0.4 is 0 Å². The monoisotopic (exact) mass is 369 g/mol. The molecule has 0 spiro atoms. The predicted octanol–water partition coefficient (Wildman–Crippen LogP) is 4.37. The van der Waals surface area contributed by atoms with Crippen LogP contribution in [0, 0.1) is 0 Å². The largest absolute Gasteiger partial charge is 0.388 e. The van der Waals surface area contributed by atoms with Crippen LogP contribution in [0.4, 0.5) is 0 Å². The number of rotatable bonds is 1. The van der Waals surface area contributed by atoms with Crippen molar-refractivity contribution in [3.05, 3.63) is 50.7 Å². The molecule has 0 fully saturated rings. The second-order valence-electron chi connectivity index (χ2n) is 4.57. The van der Waals surface area contributed by atoms with Gasteiger partial charge in [-0.25, -0.2) is 0 Å². The van der Waals surface area contributed by atoms with Gasteiger partial charge in [0.15, 0.2) is 0 Å². The van der Waals surface area contributed by atoms with Crippen molar-refractivity contribution in [3.63, 3.8) is 0 Å². The summed E-state index contributed by atoms with van der Waals surface area (Å²) in [6, 6.07) is 8.10. The molecule has 1 aliphatic rings. The molecule has 4 heteroatoms. The topological polar surface area (TPSA) is 25.2 Å². The minimum atomic E-state index is -0.309. The van der Waals surface area contributed by atoms with Gasteiger partial charge < -0.3 is 9.67 Å². The molecular formula is C14H13Br2NO. The Morgan fingerprint density at radius 2 is 1.89 bits per heavy atom. The van der Waals surface area contributed by atoms with E-state index in [2.05, 4.69) is 36.4 Å². The van der Waals surface area contributed by atoms with Crippen molar-refractivity contribution in [2.45, 2.75) is 25.4 Å². The van der Waals surface area contributed by atoms with Crippen molar-refractivity contribution >= 4 is 31.9 Å². The van der Waals surface area contributed by atoms with E-state index in [9.17, 15) is 5.11 Å². The van der Waals surface area contributed by atoms with E-state index in [1.807, 2.05) is 30.5 Å². The van der Waals surface area contributed by atoms with E-state index in [0.29, 0.717) is 0 Å². The minimum absolute atomic E-state index is 0.309. The fourth-order valence-electron chi connectivity index (χ4n) is 2.60. The molecule has 0 aliphatic heterocycles. The van der Waals surface area contributed by atoms with Crippen LogP contribution in [0.25, 0.3) is 5.69 Å². The molecule has 1 heterocycles. The summed E-state index contributed by atoms with van der Waals surface area (Å²) in [5.41, 5.74) is 3.40. The van der Waals surface area contributed by atoms with Gasteiger partial charge in [-0.05, 0) is 69.3 Å². The summed E-state index contributed by atoms with van der Waals surface area (Å²) >= 11 is 7.20. The lowest BCUT2D eigenvalue weighted by atomic mass is 9.95. The molecule has 0 radical (unpaired) electrons. The Balaban J connectivity index is 2.19. The van der Waals surface area contributed by atoms with E-state index in [4.69, 9.17) is 0 Å². The van der Waals surface area contributed by atoms with E-state index in [1.54, 1.807) is 0 Å². The summed E-state index contributed by atoms with van der Waals surface area (Å²) in [7, 11) is 0. The second kappa shape index (κ2) is 4.83. The maximum absolute atomic E-state index is 10.0. The second-order valence-corrected chi connectivity index (χ2v) is 6.27. The fraction of sp³-hybridized carbons (Fsp3) is 0.286. The number of nitrogens with zero attached hydrogens (tertiary/aromatic N) is 1. The lowest BCUT2D eigenvalue weighted by Gasteiger charge is -2.21. The van der Waals surface area contributed by atoms with Gasteiger partial charge in [0.25, 0.3) is 0 Å². The molecule has 2 aromatic rings. The van der Waals surface area contributed by atoms with Crippen molar-refractivity contribution in [1.82, 2.24) is 4.57 Å². The smallest absolute Gasteiger partial charge is 0.0807 e. The molecule has 0 saturated carbocycles. The van der Waals surface area contributed by atoms with Crippen LogP contribution in [0.5, 0.6) is 0 Å². The summed E-state index contributed by atoms with van der Waals surface area (Å²) in [4.78, 5) is 0. The Kier molecular flexibility index (Phi) is 3.34. The molecule has 1 unspecified atom stereocenters. The van der Waals surface area contributed by atoms with Gasteiger partial charge in [0.2, 0.25) is 0 Å². The highest BCUT2D eigenvalue weighted by Crippen LogP contribution is 2.36. The summed E-state index contributed by atoms with van der Waals surface area (Å²) in [5.74, 6) is 0. The summed E-state index contributed by atoms with van der Waals surface area (Å²) < 4.78 is 4.27. The number of hydrogen-bond acceptors (Lipinski definition) is 1. The zero-order valence-corrected chi connectivity index (χ0v) is 12.9. The highest BCUT2D eigenvalue weighted by Gasteiger charge is 2.22. The Morgan fingerprint density at radius 3 is 2.61 bits per heavy atom. The number of hydrogen-bond donors (Lipinski definition) is 1. The van der Waals surface area contributed by atoms with Crippen LogP contribution in [-0.4, -0.2) is 9.67 Å². The van der Waals surface area contributed by atoms with Crippen LogP contribution in [0.2, 0.25) is 0 Å². The Morgan fingerprint density at radius 1 is 1.17 bits per heavy atom. The number of aliphatic hydroxyl groups is 1. The highest BCUT2D eigenvalue weighted by atomic mass is 79.9. The number of halogens is 2. The van der Waals surface area contributed by atoms with Crippen molar-refractivity contribution in [2.24, 2.45) is 0 Å². The van der Waals surface area contributed by atoms with Crippen LogP contribution in [0.15, 0.2) is 39.4 Å². The third kappa shape index (κ3) is 1.96. The minimum Gasteiger partial charge on any atom is -0.388 e. The molecule has 18 heavy (non-hydrogen) atoms. The molecule has 3 rings (SSSR count). The van der Waals surface area contributed by atoms with Gasteiger partial charge in [-0.2, -0.15) is 0 Å². The first kappa shape index (κ1) is 12.5. The molecule has 1 aliphatic carbocycles. The SMILES string of the molecule is OC1CCCc2c1ccn2-c1c(Br)cccc1Br. The summed E-state index contributed by atoms with van der Waals surface area (Å²) in [6.45, 7) is 0. The zero-order valence-electron chi connectivity index (χ0n) is 9.74. The number of fused-ring (bicyclic) bond motifs is 1. The molecule has 1 aromatic heterocycles. The lowest BCUT2D eigenvalue weighted by Crippen LogP contribution is -2.11. The first-order chi connectivity index (χ1) is 8.68. The van der Waals surface area contributed by atoms with Crippen LogP contribution in [0.3, 0.4) is 0 Å². The van der Waals surface area contributed by atoms with Gasteiger partial charge in [0.1, 0.15) is 0 Å². The first-order valence-electron chi connectivity index (χ1n) is 6.01. The van der Waals surface area contributed by atoms with Gasteiger partial charge in [-0.15, -0.1) is 0 Å². The molecular weight excluding hydrogens is 358 g/mol. The maximum Gasteiger partial charge on any atom is 0.0807 e. The number of benzene rings is 1. The van der Waals surface area contributed by atoms with Gasteiger partial charge in [0.05, 0.1) is 11.8 Å². The van der Waals surface area contributed by atoms with Crippen molar-refractivity contribution in [2.75, 3.05) is 0 Å². The van der Waals surface area contributed by atoms with Crippen LogP contribution >= 0.6 is 31.9 Å². The molecule has 0 bridgehead atoms. The third-order valence-electron chi connectivity index (χ3n) is 3.46. The van der Waals surface area contributed by atoms with Crippen molar-refractivity contribution in [1.29, 1.82) is 0 Å². The van der Waals surface area contributed by atoms with Crippen molar-refractivity contribution in [3.8, 4) is 5.69 Å². The normalized spacial score (nSPS) is 18.7. The quantitative estimate of drug-likeness (QED) is 0.792. The fourth-order valence-corrected chi connectivity index (χ4v) is 3.98. The summed E-state index contributed by atoms with van der Waals surface area (Å²) in [6.07, 6.45) is 4.67. The predicted molar refractivity (Wildman–Crippen MR) is 79.1 cm³/mol. The number of aromatic nitrogens is 1. The standard InChI is InChI=1S/C14H13Br2NO/c15-10-3-1-4-11(16)14(10)17-8-7-9-12(17)5-2-6-13(9)18/h1,3-4,7-8,13,18H,2,5-6H2. The molecule has 94 valence electrons. The van der Waals surface area contributed by atoms with Gasteiger partial charge >= 0.3 is 0 Å². The van der Waals surface area contributed by atoms with E-state index in [-0.39, 0.29) is 6.10 Å².